The van der Waals surface area contributed by atoms with Crippen molar-refractivity contribution in [3.63, 3.8) is 0 Å². The van der Waals surface area contributed by atoms with Crippen molar-refractivity contribution in [2.75, 3.05) is 20.8 Å². The van der Waals surface area contributed by atoms with E-state index in [0.717, 1.165) is 16.6 Å². The lowest BCUT2D eigenvalue weighted by Gasteiger charge is -2.14. The van der Waals surface area contributed by atoms with E-state index >= 15 is 0 Å². The lowest BCUT2D eigenvalue weighted by atomic mass is 10.2. The Balaban J connectivity index is 2.96. The topological polar surface area (TPSA) is 30.5 Å². The Morgan fingerprint density at radius 2 is 2.22 bits per heavy atom. The summed E-state index contributed by atoms with van der Waals surface area (Å²) in [4.78, 5) is 0. The van der Waals surface area contributed by atoms with Crippen LogP contribution in [-0.4, -0.2) is 20.8 Å². The summed E-state index contributed by atoms with van der Waals surface area (Å²) in [5.74, 6) is 1.25. The summed E-state index contributed by atoms with van der Waals surface area (Å²) in [5.41, 5.74) is 2.37. The van der Waals surface area contributed by atoms with Gasteiger partial charge < -0.3 is 14.8 Å². The van der Waals surface area contributed by atoms with E-state index in [1.54, 1.807) is 7.11 Å². The highest BCUT2D eigenvalue weighted by molar-refractivity contribution is 9.10. The van der Waals surface area contributed by atoms with Gasteiger partial charge in [0.1, 0.15) is 6.61 Å². The Bertz CT molecular complexity index is 438. The molecule has 0 bridgehead atoms. The number of hydrogen-bond donors (Lipinski definition) is 1. The molecule has 3 nitrogen and oxygen atoms in total. The molecule has 100 valence electrons. The molecule has 0 spiro atoms. The number of hydrogen-bond acceptors (Lipinski definition) is 3. The van der Waals surface area contributed by atoms with Gasteiger partial charge in [-0.2, -0.15) is 0 Å². The van der Waals surface area contributed by atoms with Crippen LogP contribution in [0.3, 0.4) is 0 Å². The minimum Gasteiger partial charge on any atom is -0.493 e. The van der Waals surface area contributed by atoms with Gasteiger partial charge in [0.05, 0.1) is 16.6 Å². The predicted molar refractivity (Wildman–Crippen MR) is 78.7 cm³/mol. The third kappa shape index (κ3) is 4.35. The molecule has 0 saturated carbocycles. The zero-order chi connectivity index (χ0) is 13.5. The van der Waals surface area contributed by atoms with Gasteiger partial charge in [-0.25, -0.2) is 0 Å². The van der Waals surface area contributed by atoms with Gasteiger partial charge in [-0.05, 0) is 40.7 Å². The normalized spacial score (nSPS) is 11.5. The van der Waals surface area contributed by atoms with Crippen molar-refractivity contribution >= 4 is 39.1 Å². The van der Waals surface area contributed by atoms with Crippen molar-refractivity contribution in [3.8, 4) is 11.5 Å². The number of nitrogens with one attached hydrogen (secondary N) is 1. The third-order valence-electron chi connectivity index (χ3n) is 2.14. The summed E-state index contributed by atoms with van der Waals surface area (Å²) in [6.45, 7) is 0.947. The smallest absolute Gasteiger partial charge is 0.175 e. The van der Waals surface area contributed by atoms with E-state index in [-0.39, 0.29) is 6.61 Å². The third-order valence-corrected chi connectivity index (χ3v) is 3.33. The van der Waals surface area contributed by atoms with Gasteiger partial charge in [0, 0.05) is 12.1 Å². The Morgan fingerprint density at radius 3 is 2.78 bits per heavy atom. The van der Waals surface area contributed by atoms with Gasteiger partial charge in [-0.3, -0.25) is 0 Å². The van der Waals surface area contributed by atoms with E-state index < -0.39 is 0 Å². The first-order valence-electron chi connectivity index (χ1n) is 5.21. The van der Waals surface area contributed by atoms with E-state index in [4.69, 9.17) is 32.7 Å². The van der Waals surface area contributed by atoms with Crippen molar-refractivity contribution in [2.24, 2.45) is 0 Å². The Hall–Kier alpha value is -0.420. The molecule has 0 aromatic heterocycles. The quantitative estimate of drug-likeness (QED) is 0.841. The molecule has 1 rings (SSSR count). The van der Waals surface area contributed by atoms with Crippen molar-refractivity contribution in [3.05, 3.63) is 32.7 Å². The van der Waals surface area contributed by atoms with Crippen molar-refractivity contribution in [1.82, 2.24) is 5.32 Å². The Kier molecular flexibility index (Phi) is 6.86. The molecular formula is C12H14BrCl2NO2. The van der Waals surface area contributed by atoms with Crippen LogP contribution >= 0.6 is 39.1 Å². The Morgan fingerprint density at radius 1 is 1.50 bits per heavy atom. The van der Waals surface area contributed by atoms with Gasteiger partial charge in [0.15, 0.2) is 11.5 Å². The molecule has 0 aliphatic heterocycles. The summed E-state index contributed by atoms with van der Waals surface area (Å²) < 4.78 is 11.7. The molecule has 1 aromatic rings. The van der Waals surface area contributed by atoms with Gasteiger partial charge in [-0.1, -0.05) is 23.2 Å². The molecule has 1 N–H and O–H groups in total. The van der Waals surface area contributed by atoms with E-state index in [1.165, 1.54) is 5.54 Å². The van der Waals surface area contributed by atoms with E-state index in [0.29, 0.717) is 16.5 Å². The van der Waals surface area contributed by atoms with Crippen molar-refractivity contribution < 1.29 is 9.47 Å². The molecule has 0 aliphatic rings. The highest BCUT2D eigenvalue weighted by atomic mass is 79.9. The van der Waals surface area contributed by atoms with Crippen molar-refractivity contribution in [1.29, 1.82) is 0 Å². The summed E-state index contributed by atoms with van der Waals surface area (Å²) in [7, 11) is 3.48. The van der Waals surface area contributed by atoms with Crippen LogP contribution in [0, 0.1) is 0 Å². The van der Waals surface area contributed by atoms with Crippen LogP contribution < -0.4 is 14.8 Å². The fourth-order valence-corrected chi connectivity index (χ4v) is 2.11. The number of methoxy groups -OCH3 is 1. The number of rotatable bonds is 6. The molecular weight excluding hydrogens is 341 g/mol. The second kappa shape index (κ2) is 7.89. The molecule has 0 atom stereocenters. The van der Waals surface area contributed by atoms with Gasteiger partial charge in [0.2, 0.25) is 0 Å². The fourth-order valence-electron chi connectivity index (χ4n) is 1.39. The minimum atomic E-state index is 0.200. The average molecular weight is 355 g/mol. The van der Waals surface area contributed by atoms with E-state index in [9.17, 15) is 0 Å². The average Bonchev–Trinajstić information content (AvgIpc) is 2.36. The predicted octanol–water partition coefficient (Wildman–Crippen LogP) is 3.87. The largest absolute Gasteiger partial charge is 0.493 e. The van der Waals surface area contributed by atoms with Crippen LogP contribution in [0.2, 0.25) is 0 Å². The molecule has 0 aliphatic carbocycles. The summed E-state index contributed by atoms with van der Waals surface area (Å²) in [6.07, 6.45) is 0. The fraction of sp³-hybridized carbons (Fsp3) is 0.333. The molecule has 18 heavy (non-hydrogen) atoms. The first-order valence-corrected chi connectivity index (χ1v) is 6.81. The molecule has 0 radical (unpaired) electrons. The van der Waals surface area contributed by atoms with Crippen molar-refractivity contribution in [2.45, 2.75) is 6.54 Å². The Labute approximate surface area is 125 Å². The minimum absolute atomic E-state index is 0.200. The lowest BCUT2D eigenvalue weighted by molar-refractivity contribution is 0.321. The highest BCUT2D eigenvalue weighted by Crippen LogP contribution is 2.37. The first-order chi connectivity index (χ1) is 8.62. The second-order valence-electron chi connectivity index (χ2n) is 3.48. The van der Waals surface area contributed by atoms with E-state index in [1.807, 2.05) is 19.2 Å². The van der Waals surface area contributed by atoms with Crippen LogP contribution in [-0.2, 0) is 6.54 Å². The zero-order valence-electron chi connectivity index (χ0n) is 10.1. The lowest BCUT2D eigenvalue weighted by Crippen LogP contribution is -2.06. The van der Waals surface area contributed by atoms with Crippen LogP contribution in [0.15, 0.2) is 27.2 Å². The molecule has 0 amide bonds. The van der Waals surface area contributed by atoms with Gasteiger partial charge >= 0.3 is 0 Å². The van der Waals surface area contributed by atoms with Crippen LogP contribution in [0.1, 0.15) is 5.56 Å². The number of benzene rings is 1. The highest BCUT2D eigenvalue weighted by Gasteiger charge is 2.11. The first kappa shape index (κ1) is 15.6. The second-order valence-corrected chi connectivity index (χ2v) is 5.04. The summed E-state index contributed by atoms with van der Waals surface area (Å²) in [5, 5.41) is 3.50. The SMILES string of the molecule is CNCc1cc(Br)c(OCC(Cl)=CCl)c(OC)c1. The number of halogens is 3. The van der Waals surface area contributed by atoms with Gasteiger partial charge in [-0.15, -0.1) is 0 Å². The maximum atomic E-state index is 5.78. The zero-order valence-corrected chi connectivity index (χ0v) is 13.2. The summed E-state index contributed by atoms with van der Waals surface area (Å²) >= 11 is 14.7. The summed E-state index contributed by atoms with van der Waals surface area (Å²) in [6, 6.07) is 3.88. The molecule has 0 unspecified atom stereocenters. The molecule has 0 fully saturated rings. The molecule has 0 saturated heterocycles. The standard InChI is InChI=1S/C12H14BrCl2NO2/c1-16-6-8-3-10(13)12(11(4-8)17-2)18-7-9(15)5-14/h3-5,16H,6-7H2,1-2H3. The van der Waals surface area contributed by atoms with E-state index in [2.05, 4.69) is 21.2 Å². The molecule has 0 heterocycles. The maximum absolute atomic E-state index is 5.78. The van der Waals surface area contributed by atoms with Crippen LogP contribution in [0.4, 0.5) is 0 Å². The van der Waals surface area contributed by atoms with Crippen LogP contribution in [0.25, 0.3) is 0 Å². The monoisotopic (exact) mass is 353 g/mol. The number of ether oxygens (including phenoxy) is 2. The van der Waals surface area contributed by atoms with Crippen LogP contribution in [0.5, 0.6) is 11.5 Å². The molecule has 1 aromatic carbocycles. The maximum Gasteiger partial charge on any atom is 0.175 e. The molecule has 6 heteroatoms. The van der Waals surface area contributed by atoms with Gasteiger partial charge in [0.25, 0.3) is 0 Å².